The molecule has 55 heavy (non-hydrogen) atoms. The van der Waals surface area contributed by atoms with E-state index in [1.807, 2.05) is 13.8 Å². The van der Waals surface area contributed by atoms with Gasteiger partial charge in [-0.2, -0.15) is 5.26 Å². The minimum absolute atomic E-state index is 0.0858. The highest BCUT2D eigenvalue weighted by Crippen LogP contribution is 2.48. The zero-order valence-electron chi connectivity index (χ0n) is 31.5. The fraction of sp³-hybridized carbons (Fsp3) is 0.395. The van der Waals surface area contributed by atoms with Gasteiger partial charge in [-0.15, -0.1) is 0 Å². The van der Waals surface area contributed by atoms with Crippen LogP contribution in [0.15, 0.2) is 65.2 Å². The molecule has 3 fully saturated rings. The number of amides is 4. The van der Waals surface area contributed by atoms with Crippen LogP contribution in [0.2, 0.25) is 0 Å². The molecule has 3 aromatic carbocycles. The van der Waals surface area contributed by atoms with Gasteiger partial charge in [-0.05, 0) is 125 Å². The van der Waals surface area contributed by atoms with E-state index < -0.39 is 29.7 Å². The molecule has 1 saturated carbocycles. The van der Waals surface area contributed by atoms with Gasteiger partial charge in [0.25, 0.3) is 11.8 Å². The van der Waals surface area contributed by atoms with Crippen molar-refractivity contribution in [3.63, 3.8) is 0 Å². The van der Waals surface area contributed by atoms with Crippen molar-refractivity contribution in [2.45, 2.75) is 70.8 Å². The van der Waals surface area contributed by atoms with Gasteiger partial charge in [0.1, 0.15) is 11.8 Å². The fourth-order valence-electron chi connectivity index (χ4n) is 8.43. The molecule has 4 heterocycles. The van der Waals surface area contributed by atoms with Gasteiger partial charge >= 0.3 is 0 Å². The Kier molecular flexibility index (Phi) is 9.51. The Morgan fingerprint density at radius 3 is 2.36 bits per heavy atom. The number of aryl methyl sites for hydroxylation is 3. The Hall–Kier alpha value is -5.80. The Labute approximate surface area is 320 Å². The number of hydrogen-bond acceptors (Lipinski definition) is 10. The highest BCUT2D eigenvalue weighted by molar-refractivity contribution is 6.23. The van der Waals surface area contributed by atoms with E-state index in [4.69, 9.17) is 4.52 Å². The number of benzene rings is 3. The summed E-state index contributed by atoms with van der Waals surface area (Å²) in [6.45, 7) is 10.3. The minimum Gasteiger partial charge on any atom is -0.384 e. The maximum Gasteiger partial charge on any atom is 0.262 e. The smallest absolute Gasteiger partial charge is 0.262 e. The molecule has 2 saturated heterocycles. The summed E-state index contributed by atoms with van der Waals surface area (Å²) < 4.78 is 5.52. The van der Waals surface area contributed by atoms with Crippen LogP contribution in [-0.4, -0.2) is 77.4 Å². The second-order valence-corrected chi connectivity index (χ2v) is 15.5. The number of rotatable bonds is 11. The van der Waals surface area contributed by atoms with Crippen LogP contribution in [-0.2, 0) is 15.0 Å². The standard InChI is InChI=1S/C43H45N7O5/c1-26-4-5-30(39-27(2)47-55-28(39)3)22-37(26)49(33-9-6-31(7-10-33)43(25-44)16-17-43)24-29-14-19-48(20-15-29)21-18-45-32-8-11-34-35(23-32)42(54)50(41(34)53)36-12-13-38(51)46-40(36)52/h4-11,22-23,29,36,45H,12-21,24H2,1-3H3,(H,46,51,52). The van der Waals surface area contributed by atoms with Crippen LogP contribution in [0.25, 0.3) is 11.1 Å². The van der Waals surface area contributed by atoms with Crippen molar-refractivity contribution >= 4 is 40.7 Å². The predicted molar refractivity (Wildman–Crippen MR) is 207 cm³/mol. The maximum absolute atomic E-state index is 13.3. The molecule has 0 radical (unpaired) electrons. The zero-order chi connectivity index (χ0) is 38.4. The number of likely N-dealkylation sites (tertiary alicyclic amines) is 1. The van der Waals surface area contributed by atoms with Crippen LogP contribution in [0.5, 0.6) is 0 Å². The Bertz CT molecular complexity index is 2210. The average Bonchev–Trinajstić information content (AvgIpc) is 3.87. The van der Waals surface area contributed by atoms with Gasteiger partial charge in [-0.25, -0.2) is 0 Å². The lowest BCUT2D eigenvalue weighted by Gasteiger charge is -2.36. The Morgan fingerprint density at radius 2 is 1.69 bits per heavy atom. The van der Waals surface area contributed by atoms with Crippen LogP contribution < -0.4 is 15.5 Å². The molecular weight excluding hydrogens is 695 g/mol. The van der Waals surface area contributed by atoms with E-state index in [2.05, 4.69) is 81.0 Å². The van der Waals surface area contributed by atoms with Gasteiger partial charge < -0.3 is 19.6 Å². The third-order valence-corrected chi connectivity index (χ3v) is 11.9. The molecular formula is C43H45N7O5. The summed E-state index contributed by atoms with van der Waals surface area (Å²) in [6, 6.07) is 21.8. The number of aromatic nitrogens is 1. The SMILES string of the molecule is Cc1ccc(-c2c(C)noc2C)cc1N(CC1CCN(CCNc2ccc3c(c2)C(=O)N(C2CCC(=O)NC2=O)C3=O)CC1)c1ccc(C2(C#N)CC2)cc1. The first-order valence-electron chi connectivity index (χ1n) is 19.2. The summed E-state index contributed by atoms with van der Waals surface area (Å²) in [5.41, 5.74) is 8.44. The lowest BCUT2D eigenvalue weighted by Crippen LogP contribution is -2.54. The number of carbonyl (C=O) groups excluding carboxylic acids is 4. The molecule has 8 rings (SSSR count). The number of hydrogen-bond donors (Lipinski definition) is 2. The monoisotopic (exact) mass is 739 g/mol. The summed E-state index contributed by atoms with van der Waals surface area (Å²) in [7, 11) is 0. The van der Waals surface area contributed by atoms with Crippen molar-refractivity contribution in [1.82, 2.24) is 20.3 Å². The van der Waals surface area contributed by atoms with Crippen LogP contribution >= 0.6 is 0 Å². The third kappa shape index (κ3) is 6.89. The number of piperidine rings is 2. The van der Waals surface area contributed by atoms with E-state index in [0.29, 0.717) is 12.5 Å². The van der Waals surface area contributed by atoms with Crippen molar-refractivity contribution in [3.05, 3.63) is 94.4 Å². The van der Waals surface area contributed by atoms with E-state index >= 15 is 0 Å². The number of nitrogens with zero attached hydrogens (tertiary/aromatic N) is 5. The lowest BCUT2D eigenvalue weighted by molar-refractivity contribution is -0.136. The summed E-state index contributed by atoms with van der Waals surface area (Å²) in [5.74, 6) is -0.764. The quantitative estimate of drug-likeness (QED) is 0.171. The van der Waals surface area contributed by atoms with Crippen molar-refractivity contribution in [1.29, 1.82) is 5.26 Å². The van der Waals surface area contributed by atoms with Crippen molar-refractivity contribution in [2.75, 3.05) is 42.9 Å². The van der Waals surface area contributed by atoms with Gasteiger partial charge in [0.15, 0.2) is 0 Å². The van der Waals surface area contributed by atoms with E-state index in [0.717, 1.165) is 102 Å². The van der Waals surface area contributed by atoms with E-state index in [1.165, 1.54) is 5.56 Å². The molecule has 2 N–H and O–H groups in total. The lowest BCUT2D eigenvalue weighted by atomic mass is 9.94. The number of fused-ring (bicyclic) bond motifs is 1. The minimum atomic E-state index is -0.983. The average molecular weight is 740 g/mol. The first-order chi connectivity index (χ1) is 26.5. The van der Waals surface area contributed by atoms with Crippen molar-refractivity contribution in [3.8, 4) is 17.2 Å². The second kappa shape index (κ2) is 14.5. The molecule has 282 valence electrons. The highest BCUT2D eigenvalue weighted by atomic mass is 16.5. The Balaban J connectivity index is 0.914. The summed E-state index contributed by atoms with van der Waals surface area (Å²) in [6.07, 6.45) is 4.13. The number of carbonyl (C=O) groups is 4. The number of imide groups is 2. The van der Waals surface area contributed by atoms with Crippen LogP contribution in [0.3, 0.4) is 0 Å². The molecule has 0 bridgehead atoms. The number of nitriles is 1. The van der Waals surface area contributed by atoms with Gasteiger partial charge in [0.05, 0.1) is 28.3 Å². The molecule has 1 unspecified atom stereocenters. The summed E-state index contributed by atoms with van der Waals surface area (Å²) in [5, 5.41) is 19.7. The van der Waals surface area contributed by atoms with Crippen LogP contribution in [0.4, 0.5) is 17.1 Å². The molecule has 4 aromatic rings. The van der Waals surface area contributed by atoms with Gasteiger partial charge in [0.2, 0.25) is 11.8 Å². The molecule has 4 aliphatic rings. The summed E-state index contributed by atoms with van der Waals surface area (Å²) >= 11 is 0. The fourth-order valence-corrected chi connectivity index (χ4v) is 8.43. The second-order valence-electron chi connectivity index (χ2n) is 15.5. The molecule has 1 atom stereocenters. The van der Waals surface area contributed by atoms with E-state index in [1.54, 1.807) is 18.2 Å². The normalized spacial score (nSPS) is 19.6. The molecule has 0 spiro atoms. The van der Waals surface area contributed by atoms with Crippen LogP contribution in [0, 0.1) is 38.0 Å². The van der Waals surface area contributed by atoms with Gasteiger partial charge in [-0.1, -0.05) is 29.4 Å². The van der Waals surface area contributed by atoms with Gasteiger partial charge in [-0.3, -0.25) is 29.4 Å². The van der Waals surface area contributed by atoms with E-state index in [9.17, 15) is 24.4 Å². The van der Waals surface area contributed by atoms with Crippen LogP contribution in [0.1, 0.15) is 81.8 Å². The predicted octanol–water partition coefficient (Wildman–Crippen LogP) is 6.19. The maximum atomic E-state index is 13.3. The third-order valence-electron chi connectivity index (χ3n) is 11.9. The van der Waals surface area contributed by atoms with Crippen molar-refractivity contribution < 1.29 is 23.7 Å². The summed E-state index contributed by atoms with van der Waals surface area (Å²) in [4.78, 5) is 56.3. The first kappa shape index (κ1) is 36.2. The molecule has 12 nitrogen and oxygen atoms in total. The molecule has 3 aliphatic heterocycles. The number of anilines is 3. The molecule has 1 aromatic heterocycles. The molecule has 12 heteroatoms. The van der Waals surface area contributed by atoms with Crippen molar-refractivity contribution in [2.24, 2.45) is 5.92 Å². The highest BCUT2D eigenvalue weighted by Gasteiger charge is 2.45. The molecule has 1 aliphatic carbocycles. The van der Waals surface area contributed by atoms with E-state index in [-0.39, 0.29) is 29.4 Å². The zero-order valence-corrected chi connectivity index (χ0v) is 31.5. The van der Waals surface area contributed by atoms with Gasteiger partial charge in [0, 0.05) is 48.7 Å². The largest absolute Gasteiger partial charge is 0.384 e. The molecule has 4 amide bonds. The Morgan fingerprint density at radius 1 is 0.945 bits per heavy atom. The number of nitrogens with one attached hydrogen (secondary N) is 2. The topological polar surface area (TPSA) is 152 Å². The first-order valence-corrected chi connectivity index (χ1v) is 19.2.